The van der Waals surface area contributed by atoms with Gasteiger partial charge in [-0.2, -0.15) is 0 Å². The minimum absolute atomic E-state index is 0.0892. The van der Waals surface area contributed by atoms with Gasteiger partial charge in [-0.3, -0.25) is 9.69 Å². The number of aliphatic carboxylic acids is 1. The highest BCUT2D eigenvalue weighted by Crippen LogP contribution is 2.43. The van der Waals surface area contributed by atoms with Gasteiger partial charge in [0.1, 0.15) is 23.4 Å². The van der Waals surface area contributed by atoms with Crippen molar-refractivity contribution in [2.24, 2.45) is 0 Å². The molecule has 4 aromatic rings. The van der Waals surface area contributed by atoms with E-state index in [-0.39, 0.29) is 36.1 Å². The van der Waals surface area contributed by atoms with E-state index < -0.39 is 35.7 Å². The average Bonchev–Trinajstić information content (AvgIpc) is 3.59. The molecule has 0 unspecified atom stereocenters. The van der Waals surface area contributed by atoms with Crippen molar-refractivity contribution >= 4 is 28.3 Å². The molecule has 1 aliphatic heterocycles. The molecule has 0 saturated carbocycles. The monoisotopic (exact) mass is 733 g/mol. The quantitative estimate of drug-likeness (QED) is 0.106. The maximum atomic E-state index is 15.4. The summed E-state index contributed by atoms with van der Waals surface area (Å²) in [5.74, 6) is -4.86. The predicted octanol–water partition coefficient (Wildman–Crippen LogP) is 9.01. The first-order chi connectivity index (χ1) is 25.3. The van der Waals surface area contributed by atoms with Crippen LogP contribution < -0.4 is 20.1 Å². The average molecular weight is 734 g/mol. The fourth-order valence-electron chi connectivity index (χ4n) is 7.61. The number of carboxylic acids is 1. The van der Waals surface area contributed by atoms with Crippen molar-refractivity contribution in [2.45, 2.75) is 96.8 Å². The van der Waals surface area contributed by atoms with Gasteiger partial charge in [-0.1, -0.05) is 57.2 Å². The smallest absolute Gasteiger partial charge is 0.326 e. The van der Waals surface area contributed by atoms with E-state index in [0.717, 1.165) is 53.0 Å². The lowest BCUT2D eigenvalue weighted by molar-refractivity contribution is -0.139. The van der Waals surface area contributed by atoms with Crippen molar-refractivity contribution in [3.05, 3.63) is 88.7 Å². The molecule has 1 fully saturated rings. The van der Waals surface area contributed by atoms with Crippen molar-refractivity contribution in [2.75, 3.05) is 26.1 Å². The molecule has 3 N–H and O–H groups in total. The van der Waals surface area contributed by atoms with E-state index >= 15 is 4.39 Å². The zero-order chi connectivity index (χ0) is 38.4. The van der Waals surface area contributed by atoms with Crippen molar-refractivity contribution in [3.63, 3.8) is 0 Å². The SMILES string of the molecule is CC[C@@H]1CCCN1Cc1cc(OC)c(-c2cccc3c(C[C@H](NC(=O)c4c(C)cc(N[C@H](CC)C(F)(F)CC)cc4F)C(=O)O)cccc23)c(OC)c1. The van der Waals surface area contributed by atoms with Gasteiger partial charge in [0, 0.05) is 31.1 Å². The molecular formula is C42H50F3N3O5. The highest BCUT2D eigenvalue weighted by atomic mass is 19.3. The normalized spacial score (nSPS) is 16.0. The second-order valence-electron chi connectivity index (χ2n) is 13.8. The van der Waals surface area contributed by atoms with E-state index in [9.17, 15) is 23.5 Å². The van der Waals surface area contributed by atoms with Crippen LogP contribution in [0.4, 0.5) is 18.9 Å². The summed E-state index contributed by atoms with van der Waals surface area (Å²) in [5, 5.41) is 17.0. The predicted molar refractivity (Wildman–Crippen MR) is 203 cm³/mol. The van der Waals surface area contributed by atoms with Gasteiger partial charge in [-0.25, -0.2) is 18.0 Å². The van der Waals surface area contributed by atoms with Crippen LogP contribution in [0.3, 0.4) is 0 Å². The van der Waals surface area contributed by atoms with Crippen LogP contribution >= 0.6 is 0 Å². The Bertz CT molecular complexity index is 1900. The van der Waals surface area contributed by atoms with Gasteiger partial charge in [0.2, 0.25) is 0 Å². The molecule has 1 aliphatic rings. The van der Waals surface area contributed by atoms with Crippen molar-refractivity contribution in [1.29, 1.82) is 0 Å². The number of alkyl halides is 2. The van der Waals surface area contributed by atoms with Gasteiger partial charge in [-0.05, 0) is 96.4 Å². The zero-order valence-electron chi connectivity index (χ0n) is 31.3. The topological polar surface area (TPSA) is 100 Å². The highest BCUT2D eigenvalue weighted by Gasteiger charge is 2.36. The number of halogens is 3. The number of hydrogen-bond donors (Lipinski definition) is 3. The first-order valence-corrected chi connectivity index (χ1v) is 18.3. The molecule has 11 heteroatoms. The number of ether oxygens (including phenoxy) is 2. The van der Waals surface area contributed by atoms with Gasteiger partial charge < -0.3 is 25.2 Å². The lowest BCUT2D eigenvalue weighted by Crippen LogP contribution is -2.43. The second-order valence-corrected chi connectivity index (χ2v) is 13.8. The summed E-state index contributed by atoms with van der Waals surface area (Å²) < 4.78 is 56.1. The number of carbonyl (C=O) groups excluding carboxylic acids is 1. The summed E-state index contributed by atoms with van der Waals surface area (Å²) in [4.78, 5) is 28.4. The third-order valence-corrected chi connectivity index (χ3v) is 10.5. The Labute approximate surface area is 309 Å². The molecular weight excluding hydrogens is 683 g/mol. The van der Waals surface area contributed by atoms with Crippen LogP contribution in [0.5, 0.6) is 11.5 Å². The summed E-state index contributed by atoms with van der Waals surface area (Å²) in [6, 6.07) is 15.7. The molecule has 1 saturated heterocycles. The number of carbonyl (C=O) groups is 2. The van der Waals surface area contributed by atoms with E-state index in [1.54, 1.807) is 27.2 Å². The molecule has 0 spiro atoms. The zero-order valence-corrected chi connectivity index (χ0v) is 31.3. The van der Waals surface area contributed by atoms with Crippen LogP contribution in [0.25, 0.3) is 21.9 Å². The summed E-state index contributed by atoms with van der Waals surface area (Å²) in [7, 11) is 3.26. The summed E-state index contributed by atoms with van der Waals surface area (Å²) in [6.07, 6.45) is 3.10. The Kier molecular flexibility index (Phi) is 12.6. The molecule has 5 rings (SSSR count). The first-order valence-electron chi connectivity index (χ1n) is 18.3. The molecule has 0 radical (unpaired) electrons. The molecule has 284 valence electrons. The standard InChI is InChI=1S/C42H50F3N3O5/c1-7-29-14-12-18-48(29)24-26-20-35(52-5)39(36(21-26)53-6)32-17-11-15-30-27(13-10-16-31(30)32)22-34(41(50)51)47-40(49)38-25(4)19-28(23-33(38)43)46-37(8-2)42(44,45)9-3/h10-11,13,15-17,19-21,23,29,34,37,46H,7-9,12,14,18,22,24H2,1-6H3,(H,47,49)(H,50,51)/t29-,34+,37-/m1/s1. The molecule has 0 aromatic heterocycles. The number of aryl methyl sites for hydroxylation is 1. The lowest BCUT2D eigenvalue weighted by atomic mass is 9.91. The van der Waals surface area contributed by atoms with Gasteiger partial charge in [-0.15, -0.1) is 0 Å². The number of likely N-dealkylation sites (tertiary alicyclic amines) is 1. The number of rotatable bonds is 16. The van der Waals surface area contributed by atoms with Crippen molar-refractivity contribution < 1.29 is 37.3 Å². The number of amides is 1. The minimum atomic E-state index is -3.01. The molecule has 53 heavy (non-hydrogen) atoms. The summed E-state index contributed by atoms with van der Waals surface area (Å²) >= 11 is 0. The Balaban J connectivity index is 1.43. The van der Waals surface area contributed by atoms with Crippen LogP contribution in [0, 0.1) is 12.7 Å². The van der Waals surface area contributed by atoms with Crippen LogP contribution in [0.15, 0.2) is 60.7 Å². The molecule has 4 aromatic carbocycles. The highest BCUT2D eigenvalue weighted by molar-refractivity contribution is 6.02. The van der Waals surface area contributed by atoms with Crippen molar-refractivity contribution in [3.8, 4) is 22.6 Å². The molecule has 1 heterocycles. The number of benzene rings is 4. The Morgan fingerprint density at radius 3 is 2.28 bits per heavy atom. The molecule has 0 aliphatic carbocycles. The Morgan fingerprint density at radius 2 is 1.68 bits per heavy atom. The third-order valence-electron chi connectivity index (χ3n) is 10.5. The fourth-order valence-corrected chi connectivity index (χ4v) is 7.61. The number of methoxy groups -OCH3 is 2. The number of nitrogens with one attached hydrogen (secondary N) is 2. The van der Waals surface area contributed by atoms with Crippen LogP contribution in [0.2, 0.25) is 0 Å². The number of hydrogen-bond acceptors (Lipinski definition) is 6. The van der Waals surface area contributed by atoms with E-state index in [2.05, 4.69) is 22.5 Å². The summed E-state index contributed by atoms with van der Waals surface area (Å²) in [5.41, 5.74) is 3.28. The van der Waals surface area contributed by atoms with Gasteiger partial charge in [0.25, 0.3) is 11.8 Å². The largest absolute Gasteiger partial charge is 0.496 e. The number of fused-ring (bicyclic) bond motifs is 1. The second kappa shape index (κ2) is 16.9. The number of carboxylic acid groups (broad SMARTS) is 1. The van der Waals surface area contributed by atoms with E-state index in [4.69, 9.17) is 9.47 Å². The van der Waals surface area contributed by atoms with Crippen LogP contribution in [0.1, 0.15) is 79.9 Å². The summed E-state index contributed by atoms with van der Waals surface area (Å²) in [6.45, 7) is 8.52. The maximum absolute atomic E-state index is 15.4. The van der Waals surface area contributed by atoms with E-state index in [1.165, 1.54) is 32.8 Å². The lowest BCUT2D eigenvalue weighted by Gasteiger charge is -2.27. The van der Waals surface area contributed by atoms with Gasteiger partial charge >= 0.3 is 5.97 Å². The minimum Gasteiger partial charge on any atom is -0.496 e. The van der Waals surface area contributed by atoms with E-state index in [1.807, 2.05) is 42.5 Å². The Hall–Kier alpha value is -4.77. The van der Waals surface area contributed by atoms with Crippen LogP contribution in [-0.2, 0) is 17.8 Å². The molecule has 0 bridgehead atoms. The molecule has 3 atom stereocenters. The van der Waals surface area contributed by atoms with Gasteiger partial charge in [0.15, 0.2) is 0 Å². The fraction of sp³-hybridized carbons (Fsp3) is 0.429. The Morgan fingerprint density at radius 1 is 1.00 bits per heavy atom. The van der Waals surface area contributed by atoms with Crippen LogP contribution in [-0.4, -0.2) is 66.7 Å². The maximum Gasteiger partial charge on any atom is 0.326 e. The van der Waals surface area contributed by atoms with Crippen molar-refractivity contribution in [1.82, 2.24) is 10.2 Å². The first kappa shape index (κ1) is 39.4. The van der Waals surface area contributed by atoms with E-state index in [0.29, 0.717) is 23.1 Å². The number of nitrogens with zero attached hydrogens (tertiary/aromatic N) is 1. The van der Waals surface area contributed by atoms with Gasteiger partial charge in [0.05, 0.1) is 31.4 Å². The third kappa shape index (κ3) is 8.56. The molecule has 8 nitrogen and oxygen atoms in total. The number of anilines is 1. The molecule has 1 amide bonds.